The summed E-state index contributed by atoms with van der Waals surface area (Å²) in [5, 5.41) is 19.1. The number of nitrogens with zero attached hydrogens (tertiary/aromatic N) is 1. The summed E-state index contributed by atoms with van der Waals surface area (Å²) < 4.78 is 4.82. The van der Waals surface area contributed by atoms with Crippen LogP contribution in [0.3, 0.4) is 0 Å². The maximum atomic E-state index is 11.4. The topological polar surface area (TPSA) is 70.3 Å². The van der Waals surface area contributed by atoms with Gasteiger partial charge in [0, 0.05) is 5.33 Å². The minimum atomic E-state index is -0.407. The molecule has 0 saturated heterocycles. The van der Waals surface area contributed by atoms with Crippen molar-refractivity contribution in [3.05, 3.63) is 28.8 Å². The van der Waals surface area contributed by atoms with Gasteiger partial charge in [-0.25, -0.2) is 0 Å². The Kier molecular flexibility index (Phi) is 4.98. The number of carbonyl (C=O) groups excluding carboxylic acids is 1. The molecular formula is C12H12BrNO3. The van der Waals surface area contributed by atoms with Crippen LogP contribution in [0.5, 0.6) is 5.75 Å². The number of rotatable bonds is 4. The quantitative estimate of drug-likeness (QED) is 0.684. The highest BCUT2D eigenvalue weighted by atomic mass is 79.9. The third-order valence-corrected chi connectivity index (χ3v) is 2.81. The van der Waals surface area contributed by atoms with Crippen molar-refractivity contribution in [2.24, 2.45) is 0 Å². The Morgan fingerprint density at radius 2 is 2.29 bits per heavy atom. The van der Waals surface area contributed by atoms with Crippen LogP contribution >= 0.6 is 15.9 Å². The number of alkyl halides is 1. The van der Waals surface area contributed by atoms with Crippen LogP contribution in [0.1, 0.15) is 23.6 Å². The van der Waals surface area contributed by atoms with Crippen LogP contribution in [0, 0.1) is 11.3 Å². The van der Waals surface area contributed by atoms with E-state index in [-0.39, 0.29) is 17.7 Å². The molecule has 0 heterocycles. The Morgan fingerprint density at radius 3 is 2.82 bits per heavy atom. The van der Waals surface area contributed by atoms with E-state index in [0.29, 0.717) is 17.5 Å². The number of benzene rings is 1. The molecule has 0 spiro atoms. The van der Waals surface area contributed by atoms with Crippen molar-refractivity contribution >= 4 is 21.9 Å². The number of hydrogen-bond acceptors (Lipinski definition) is 4. The third kappa shape index (κ3) is 3.46. The van der Waals surface area contributed by atoms with Crippen LogP contribution < -0.4 is 0 Å². The second-order valence-electron chi connectivity index (χ2n) is 3.38. The molecule has 0 aliphatic rings. The Hall–Kier alpha value is -1.54. The molecule has 0 amide bonds. The van der Waals surface area contributed by atoms with E-state index in [1.165, 1.54) is 6.07 Å². The fourth-order valence-corrected chi connectivity index (χ4v) is 1.79. The second-order valence-corrected chi connectivity index (χ2v) is 3.94. The van der Waals surface area contributed by atoms with Gasteiger partial charge in [-0.3, -0.25) is 4.79 Å². The summed E-state index contributed by atoms with van der Waals surface area (Å²) in [6.07, 6.45) is -0.00880. The highest BCUT2D eigenvalue weighted by Gasteiger charge is 2.13. The van der Waals surface area contributed by atoms with E-state index in [4.69, 9.17) is 10.00 Å². The molecule has 0 aliphatic heterocycles. The fourth-order valence-electron chi connectivity index (χ4n) is 1.46. The van der Waals surface area contributed by atoms with Crippen molar-refractivity contribution in [2.45, 2.75) is 18.7 Å². The molecular weight excluding hydrogens is 286 g/mol. The summed E-state index contributed by atoms with van der Waals surface area (Å²) >= 11 is 3.26. The molecule has 5 heteroatoms. The van der Waals surface area contributed by atoms with Crippen molar-refractivity contribution in [2.75, 3.05) is 6.61 Å². The van der Waals surface area contributed by atoms with Crippen LogP contribution in [0.2, 0.25) is 0 Å². The van der Waals surface area contributed by atoms with Gasteiger partial charge in [0.05, 0.1) is 18.6 Å². The highest BCUT2D eigenvalue weighted by Crippen LogP contribution is 2.24. The Balaban J connectivity index is 3.08. The number of phenols is 1. The molecule has 90 valence electrons. The number of halogens is 1. The zero-order valence-electron chi connectivity index (χ0n) is 9.36. The van der Waals surface area contributed by atoms with Gasteiger partial charge >= 0.3 is 5.97 Å². The molecule has 0 aromatic heterocycles. The number of ether oxygens (including phenoxy) is 1. The van der Waals surface area contributed by atoms with E-state index in [2.05, 4.69) is 15.9 Å². The van der Waals surface area contributed by atoms with Crippen molar-refractivity contribution in [1.29, 1.82) is 5.26 Å². The molecule has 0 bridgehead atoms. The highest BCUT2D eigenvalue weighted by molar-refractivity contribution is 9.08. The number of phenolic OH excluding ortho intramolecular Hbond substituents is 1. The molecule has 0 radical (unpaired) electrons. The van der Waals surface area contributed by atoms with E-state index in [9.17, 15) is 9.90 Å². The van der Waals surface area contributed by atoms with Gasteiger partial charge in [-0.1, -0.05) is 22.0 Å². The van der Waals surface area contributed by atoms with Gasteiger partial charge < -0.3 is 9.84 Å². The summed E-state index contributed by atoms with van der Waals surface area (Å²) in [5.74, 6) is -0.515. The van der Waals surface area contributed by atoms with Crippen molar-refractivity contribution in [3.8, 4) is 11.8 Å². The van der Waals surface area contributed by atoms with Crippen LogP contribution in [-0.4, -0.2) is 17.7 Å². The average molecular weight is 298 g/mol. The smallest absolute Gasteiger partial charge is 0.310 e. The molecule has 1 rings (SSSR count). The molecule has 17 heavy (non-hydrogen) atoms. The van der Waals surface area contributed by atoms with Crippen molar-refractivity contribution < 1.29 is 14.6 Å². The lowest BCUT2D eigenvalue weighted by Crippen LogP contribution is -2.09. The maximum Gasteiger partial charge on any atom is 0.310 e. The van der Waals surface area contributed by atoms with Gasteiger partial charge in [0.25, 0.3) is 0 Å². The van der Waals surface area contributed by atoms with E-state index >= 15 is 0 Å². The molecule has 0 unspecified atom stereocenters. The lowest BCUT2D eigenvalue weighted by atomic mass is 10.0. The number of esters is 1. The number of nitriles is 1. The van der Waals surface area contributed by atoms with Crippen LogP contribution in [0.4, 0.5) is 0 Å². The summed E-state index contributed by atoms with van der Waals surface area (Å²) in [5.41, 5.74) is 1.42. The van der Waals surface area contributed by atoms with E-state index < -0.39 is 5.97 Å². The molecule has 1 aromatic rings. The van der Waals surface area contributed by atoms with Gasteiger partial charge in [-0.15, -0.1) is 0 Å². The Morgan fingerprint density at radius 1 is 1.59 bits per heavy atom. The first-order valence-corrected chi connectivity index (χ1v) is 6.21. The largest absolute Gasteiger partial charge is 0.507 e. The van der Waals surface area contributed by atoms with Crippen LogP contribution in [0.25, 0.3) is 0 Å². The summed E-state index contributed by atoms with van der Waals surface area (Å²) in [4.78, 5) is 11.4. The zero-order chi connectivity index (χ0) is 12.8. The van der Waals surface area contributed by atoms with Gasteiger partial charge in [-0.05, 0) is 24.1 Å². The lowest BCUT2D eigenvalue weighted by Gasteiger charge is -2.08. The number of carbonyl (C=O) groups is 1. The van der Waals surface area contributed by atoms with Gasteiger partial charge in [0.1, 0.15) is 11.8 Å². The van der Waals surface area contributed by atoms with E-state index in [1.54, 1.807) is 13.0 Å². The minimum absolute atomic E-state index is 0.00880. The normalized spacial score (nSPS) is 9.71. The Labute approximate surface area is 108 Å². The van der Waals surface area contributed by atoms with Gasteiger partial charge in [0.15, 0.2) is 0 Å². The van der Waals surface area contributed by atoms with Crippen molar-refractivity contribution in [3.63, 3.8) is 0 Å². The first kappa shape index (κ1) is 13.5. The monoisotopic (exact) mass is 297 g/mol. The standard InChI is InChI=1S/C12H12BrNO3/c1-2-17-12(16)5-9-3-8(6-13)4-11(15)10(9)7-14/h3-4,15H,2,5-6H2,1H3. The predicted molar refractivity (Wildman–Crippen MR) is 65.8 cm³/mol. The zero-order valence-corrected chi connectivity index (χ0v) is 11.0. The summed E-state index contributed by atoms with van der Waals surface area (Å²) in [6, 6.07) is 5.10. The second kappa shape index (κ2) is 6.26. The SMILES string of the molecule is CCOC(=O)Cc1cc(CBr)cc(O)c1C#N. The van der Waals surface area contributed by atoms with Crippen LogP contribution in [-0.2, 0) is 21.3 Å². The lowest BCUT2D eigenvalue weighted by molar-refractivity contribution is -0.142. The molecule has 0 aliphatic carbocycles. The maximum absolute atomic E-state index is 11.4. The fraction of sp³-hybridized carbons (Fsp3) is 0.333. The predicted octanol–water partition coefficient (Wildman–Crippen LogP) is 2.26. The van der Waals surface area contributed by atoms with Crippen molar-refractivity contribution in [1.82, 2.24) is 0 Å². The third-order valence-electron chi connectivity index (χ3n) is 2.17. The average Bonchev–Trinajstić information content (AvgIpc) is 2.28. The van der Waals surface area contributed by atoms with E-state index in [1.807, 2.05) is 6.07 Å². The van der Waals surface area contributed by atoms with Crippen LogP contribution in [0.15, 0.2) is 12.1 Å². The van der Waals surface area contributed by atoms with Gasteiger partial charge in [0.2, 0.25) is 0 Å². The number of hydrogen-bond donors (Lipinski definition) is 1. The molecule has 0 saturated carbocycles. The van der Waals surface area contributed by atoms with E-state index in [0.717, 1.165) is 5.56 Å². The minimum Gasteiger partial charge on any atom is -0.507 e. The molecule has 0 atom stereocenters. The Bertz CT molecular complexity index is 466. The first-order chi connectivity index (χ1) is 8.12. The summed E-state index contributed by atoms with van der Waals surface area (Å²) in [7, 11) is 0. The number of aromatic hydroxyl groups is 1. The first-order valence-electron chi connectivity index (χ1n) is 5.08. The summed E-state index contributed by atoms with van der Waals surface area (Å²) in [6.45, 7) is 2.01. The molecule has 1 N–H and O–H groups in total. The molecule has 1 aromatic carbocycles. The molecule has 4 nitrogen and oxygen atoms in total. The van der Waals surface area contributed by atoms with Gasteiger partial charge in [-0.2, -0.15) is 5.26 Å². The molecule has 0 fully saturated rings.